The molecular formula is C30H37ClF3N7O6S. The lowest BCUT2D eigenvalue weighted by atomic mass is 9.93. The Labute approximate surface area is 280 Å². The third kappa shape index (κ3) is 8.05. The molecule has 2 amide bonds. The number of nitrogens with zero attached hydrogens (tertiary/aromatic N) is 6. The van der Waals surface area contributed by atoms with Crippen molar-refractivity contribution in [2.45, 2.75) is 82.5 Å². The van der Waals surface area contributed by atoms with Crippen LogP contribution < -0.4 is 9.46 Å². The number of carbonyl (C=O) groups is 2. The van der Waals surface area contributed by atoms with E-state index in [1.165, 1.54) is 40.2 Å². The van der Waals surface area contributed by atoms with Gasteiger partial charge in [-0.1, -0.05) is 18.0 Å². The molecule has 4 heterocycles. The van der Waals surface area contributed by atoms with E-state index in [-0.39, 0.29) is 52.7 Å². The number of nitrogens with one attached hydrogen (secondary N) is 1. The number of halogens is 4. The van der Waals surface area contributed by atoms with Crippen LogP contribution in [0.1, 0.15) is 68.4 Å². The van der Waals surface area contributed by atoms with Crippen molar-refractivity contribution in [3.8, 4) is 11.7 Å². The normalized spacial score (nSPS) is 20.6. The van der Waals surface area contributed by atoms with E-state index >= 15 is 0 Å². The number of sulfonamides is 1. The zero-order chi connectivity index (χ0) is 35.0. The highest BCUT2D eigenvalue weighted by Crippen LogP contribution is 2.51. The van der Waals surface area contributed by atoms with Gasteiger partial charge in [-0.2, -0.15) is 18.3 Å². The number of aryl methyl sites for hydroxylation is 1. The monoisotopic (exact) mass is 715 g/mol. The lowest BCUT2D eigenvalue weighted by Gasteiger charge is -2.28. The molecule has 3 aromatic heterocycles. The van der Waals surface area contributed by atoms with Gasteiger partial charge in [0.05, 0.1) is 30.0 Å². The third-order valence-corrected chi connectivity index (χ3v) is 10.7. The molecule has 0 aromatic carbocycles. The molecule has 1 aliphatic carbocycles. The van der Waals surface area contributed by atoms with Gasteiger partial charge in [-0.25, -0.2) is 27.6 Å². The Morgan fingerprint density at radius 2 is 1.94 bits per heavy atom. The Balaban J connectivity index is 1.12. The molecule has 3 unspecified atom stereocenters. The van der Waals surface area contributed by atoms with Gasteiger partial charge >= 0.3 is 12.3 Å². The van der Waals surface area contributed by atoms with Crippen LogP contribution in [-0.2, 0) is 16.6 Å². The van der Waals surface area contributed by atoms with Gasteiger partial charge in [0.15, 0.2) is 5.82 Å². The molecule has 2 N–H and O–H groups in total. The molecule has 0 radical (unpaired) electrons. The Kier molecular flexibility index (Phi) is 10.0. The number of hydrogen-bond donors (Lipinski definition) is 2. The predicted octanol–water partition coefficient (Wildman–Crippen LogP) is 5.46. The molecule has 1 aliphatic heterocycles. The van der Waals surface area contributed by atoms with Gasteiger partial charge < -0.3 is 14.7 Å². The van der Waals surface area contributed by atoms with Crippen LogP contribution in [0.15, 0.2) is 35.5 Å². The maximum absolute atomic E-state index is 13.1. The van der Waals surface area contributed by atoms with Gasteiger partial charge in [-0.05, 0) is 76.8 Å². The summed E-state index contributed by atoms with van der Waals surface area (Å²) in [5, 5.41) is 17.5. The quantitative estimate of drug-likeness (QED) is 0.173. The van der Waals surface area contributed by atoms with Gasteiger partial charge in [0.1, 0.15) is 10.0 Å². The van der Waals surface area contributed by atoms with Crippen LogP contribution in [0, 0.1) is 24.7 Å². The minimum absolute atomic E-state index is 0.0720. The lowest BCUT2D eigenvalue weighted by molar-refractivity contribution is -0.151. The molecule has 2 aliphatic rings. The number of aromatic nitrogens is 5. The van der Waals surface area contributed by atoms with Gasteiger partial charge in [-0.3, -0.25) is 9.48 Å². The molecule has 13 nitrogen and oxygen atoms in total. The zero-order valence-corrected chi connectivity index (χ0v) is 28.1. The van der Waals surface area contributed by atoms with Crippen molar-refractivity contribution in [1.82, 2.24) is 34.2 Å². The summed E-state index contributed by atoms with van der Waals surface area (Å²) in [6.45, 7) is 6.44. The van der Waals surface area contributed by atoms with Crippen LogP contribution in [0.25, 0.3) is 5.82 Å². The Morgan fingerprint density at radius 3 is 2.58 bits per heavy atom. The van der Waals surface area contributed by atoms with E-state index in [9.17, 15) is 36.3 Å². The third-order valence-electron chi connectivity index (χ3n) is 8.96. The first-order chi connectivity index (χ1) is 22.5. The zero-order valence-electron chi connectivity index (χ0n) is 26.6. The van der Waals surface area contributed by atoms with E-state index in [1.807, 2.05) is 18.6 Å². The first-order valence-corrected chi connectivity index (χ1v) is 17.3. The fraction of sp³-hybridized carbons (Fsp3) is 0.567. The van der Waals surface area contributed by atoms with Crippen molar-refractivity contribution in [3.05, 3.63) is 47.0 Å². The summed E-state index contributed by atoms with van der Waals surface area (Å²) < 4.78 is 74.7. The predicted molar refractivity (Wildman–Crippen MR) is 167 cm³/mol. The fourth-order valence-corrected chi connectivity index (χ4v) is 7.66. The Morgan fingerprint density at radius 1 is 1.19 bits per heavy atom. The van der Waals surface area contributed by atoms with Crippen LogP contribution in [0.3, 0.4) is 0 Å². The SMILES string of the molecule is Cc1c(S(=O)(=O)NC(=O)c2ccc(-n3ccc(OCCC4CC4C(F)(F)F)n3)nc2Cl)cnn1CCCCC1CN(C(=O)O)C(C)(C)C1. The number of rotatable bonds is 13. The first kappa shape index (κ1) is 35.4. The summed E-state index contributed by atoms with van der Waals surface area (Å²) >= 11 is 6.24. The smallest absolute Gasteiger partial charge is 0.407 e. The number of carboxylic acid groups (broad SMARTS) is 1. The average Bonchev–Trinajstić information content (AvgIpc) is 3.29. The molecule has 0 spiro atoms. The molecule has 18 heteroatoms. The van der Waals surface area contributed by atoms with Crippen LogP contribution >= 0.6 is 11.6 Å². The number of ether oxygens (including phenoxy) is 1. The largest absolute Gasteiger partial charge is 0.477 e. The molecule has 5 rings (SSSR count). The van der Waals surface area contributed by atoms with Crippen LogP contribution in [0.2, 0.25) is 5.15 Å². The molecular weight excluding hydrogens is 679 g/mol. The van der Waals surface area contributed by atoms with Crippen molar-refractivity contribution >= 4 is 33.6 Å². The summed E-state index contributed by atoms with van der Waals surface area (Å²) in [6.07, 6.45) is 1.07. The highest BCUT2D eigenvalue weighted by molar-refractivity contribution is 7.90. The highest BCUT2D eigenvalue weighted by Gasteiger charge is 2.55. The average molecular weight is 716 g/mol. The second kappa shape index (κ2) is 13.6. The van der Waals surface area contributed by atoms with E-state index in [4.69, 9.17) is 16.3 Å². The number of alkyl halides is 3. The van der Waals surface area contributed by atoms with Crippen molar-refractivity contribution < 1.29 is 41.0 Å². The number of pyridine rings is 1. The van der Waals surface area contributed by atoms with E-state index < -0.39 is 45.6 Å². The summed E-state index contributed by atoms with van der Waals surface area (Å²) in [5.74, 6) is -2.10. The minimum atomic E-state index is -4.31. The standard InChI is InChI=1S/C30H37ClF3N7O6S/c1-18-23(16-35-40(18)11-5-4-6-19-15-29(2,3)39(17-19)28(43)44)48(45,46)38-27(42)21-7-8-24(36-26(21)31)41-12-9-25(37-41)47-13-10-20-14-22(20)30(32,33)34/h7-9,12,16,19-20,22H,4-6,10-11,13-15,17H2,1-3H3,(H,38,42)(H,43,44). The summed E-state index contributed by atoms with van der Waals surface area (Å²) in [4.78, 5) is 29.9. The topological polar surface area (TPSA) is 162 Å². The molecule has 3 aromatic rings. The van der Waals surface area contributed by atoms with Crippen molar-refractivity contribution in [2.24, 2.45) is 17.8 Å². The van der Waals surface area contributed by atoms with E-state index in [1.54, 1.807) is 11.6 Å². The summed E-state index contributed by atoms with van der Waals surface area (Å²) in [5.41, 5.74) is -0.250. The number of unbranched alkanes of at least 4 members (excludes halogenated alkanes) is 1. The van der Waals surface area contributed by atoms with Crippen molar-refractivity contribution in [2.75, 3.05) is 13.2 Å². The van der Waals surface area contributed by atoms with Gasteiger partial charge in [0, 0.05) is 30.9 Å². The Bertz CT molecular complexity index is 1780. The number of hydrogen-bond acceptors (Lipinski definition) is 8. The van der Waals surface area contributed by atoms with E-state index in [0.29, 0.717) is 25.2 Å². The summed E-state index contributed by atoms with van der Waals surface area (Å²) in [6, 6.07) is 4.20. The molecule has 1 saturated carbocycles. The maximum Gasteiger partial charge on any atom is 0.407 e. The molecule has 1 saturated heterocycles. The molecule has 3 atom stereocenters. The first-order valence-electron chi connectivity index (χ1n) is 15.5. The van der Waals surface area contributed by atoms with E-state index in [2.05, 4.69) is 15.2 Å². The molecule has 262 valence electrons. The molecule has 0 bridgehead atoms. The van der Waals surface area contributed by atoms with Gasteiger partial charge in [-0.15, -0.1) is 5.10 Å². The number of amides is 2. The van der Waals surface area contributed by atoms with Crippen molar-refractivity contribution in [1.29, 1.82) is 0 Å². The second-order valence-electron chi connectivity index (χ2n) is 12.9. The van der Waals surface area contributed by atoms with Crippen LogP contribution in [-0.4, -0.2) is 79.8 Å². The van der Waals surface area contributed by atoms with Gasteiger partial charge in [0.25, 0.3) is 15.9 Å². The number of carbonyl (C=O) groups excluding carboxylic acids is 1. The highest BCUT2D eigenvalue weighted by atomic mass is 35.5. The second-order valence-corrected chi connectivity index (χ2v) is 14.9. The van der Waals surface area contributed by atoms with Crippen LogP contribution in [0.4, 0.5) is 18.0 Å². The van der Waals surface area contributed by atoms with Crippen LogP contribution in [0.5, 0.6) is 5.88 Å². The number of likely N-dealkylation sites (tertiary alicyclic amines) is 1. The van der Waals surface area contributed by atoms with Gasteiger partial charge in [0.2, 0.25) is 5.88 Å². The maximum atomic E-state index is 13.1. The van der Waals surface area contributed by atoms with E-state index in [0.717, 1.165) is 19.3 Å². The molecule has 2 fully saturated rings. The fourth-order valence-electron chi connectivity index (χ4n) is 6.28. The molecule has 48 heavy (non-hydrogen) atoms. The summed E-state index contributed by atoms with van der Waals surface area (Å²) in [7, 11) is -4.31. The lowest BCUT2D eigenvalue weighted by Crippen LogP contribution is -2.41. The van der Waals surface area contributed by atoms with Crippen molar-refractivity contribution in [3.63, 3.8) is 0 Å². The Hall–Kier alpha value is -3.86. The minimum Gasteiger partial charge on any atom is -0.477 e.